The van der Waals surface area contributed by atoms with Crippen LogP contribution in [0.25, 0.3) is 0 Å². The number of hydrogen-bond acceptors (Lipinski definition) is 6. The first kappa shape index (κ1) is 21.1. The second-order valence-corrected chi connectivity index (χ2v) is 8.08. The molecule has 6 heteroatoms. The SMILES string of the molecule is COc1cc(O)c(C(C(C)=O)(c2cccnc2)N2CC(C)CC(C)C2)c(OC)c1. The number of carbonyl (C=O) groups excluding carboxylic acids is 1. The zero-order chi connectivity index (χ0) is 21.2. The van der Waals surface area contributed by atoms with Crippen molar-refractivity contribution in [3.05, 3.63) is 47.8 Å². The van der Waals surface area contributed by atoms with Gasteiger partial charge in [-0.1, -0.05) is 19.9 Å². The number of benzene rings is 1. The van der Waals surface area contributed by atoms with Gasteiger partial charge in [-0.25, -0.2) is 0 Å². The number of aromatic hydroxyl groups is 1. The Labute approximate surface area is 172 Å². The van der Waals surface area contributed by atoms with Crippen molar-refractivity contribution >= 4 is 5.78 Å². The largest absolute Gasteiger partial charge is 0.507 e. The van der Waals surface area contributed by atoms with Crippen LogP contribution in [0.2, 0.25) is 0 Å². The average Bonchev–Trinajstić information content (AvgIpc) is 2.69. The molecule has 1 aromatic carbocycles. The molecule has 3 unspecified atom stereocenters. The molecule has 0 aliphatic carbocycles. The lowest BCUT2D eigenvalue weighted by Gasteiger charge is -2.48. The first-order chi connectivity index (χ1) is 13.8. The standard InChI is InChI=1S/C23H30N2O4/c1-15-9-16(2)14-25(13-15)23(17(3)26,18-7-6-8-24-12-18)22-20(27)10-19(28-4)11-21(22)29-5/h6-8,10-12,15-16,27H,9,13-14H2,1-5H3. The highest BCUT2D eigenvalue weighted by Crippen LogP contribution is 2.49. The van der Waals surface area contributed by atoms with Crippen molar-refractivity contribution in [3.63, 3.8) is 0 Å². The van der Waals surface area contributed by atoms with Gasteiger partial charge in [0.2, 0.25) is 0 Å². The summed E-state index contributed by atoms with van der Waals surface area (Å²) < 4.78 is 11.0. The van der Waals surface area contributed by atoms with Crippen LogP contribution >= 0.6 is 0 Å². The number of hydrogen-bond donors (Lipinski definition) is 1. The van der Waals surface area contributed by atoms with Crippen LogP contribution in [-0.4, -0.2) is 48.1 Å². The Morgan fingerprint density at radius 1 is 1.21 bits per heavy atom. The Morgan fingerprint density at radius 2 is 1.90 bits per heavy atom. The monoisotopic (exact) mass is 398 g/mol. The Bertz CT molecular complexity index is 861. The van der Waals surface area contributed by atoms with Gasteiger partial charge in [-0.2, -0.15) is 0 Å². The van der Waals surface area contributed by atoms with Gasteiger partial charge >= 0.3 is 0 Å². The van der Waals surface area contributed by atoms with Gasteiger partial charge < -0.3 is 14.6 Å². The second kappa shape index (κ2) is 8.41. The van der Waals surface area contributed by atoms with Crippen molar-refractivity contribution in [1.29, 1.82) is 0 Å². The summed E-state index contributed by atoms with van der Waals surface area (Å²) >= 11 is 0. The molecule has 6 nitrogen and oxygen atoms in total. The number of phenolic OH excluding ortho intramolecular Hbond substituents is 1. The predicted molar refractivity (Wildman–Crippen MR) is 111 cm³/mol. The van der Waals surface area contributed by atoms with Crippen LogP contribution in [0.3, 0.4) is 0 Å². The summed E-state index contributed by atoms with van der Waals surface area (Å²) in [6.45, 7) is 7.42. The molecule has 1 saturated heterocycles. The minimum Gasteiger partial charge on any atom is -0.507 e. The zero-order valence-corrected chi connectivity index (χ0v) is 17.8. The molecule has 0 amide bonds. The van der Waals surface area contributed by atoms with Crippen LogP contribution < -0.4 is 9.47 Å². The van der Waals surface area contributed by atoms with E-state index in [1.165, 1.54) is 20.3 Å². The van der Waals surface area contributed by atoms with Crippen molar-refractivity contribution in [2.75, 3.05) is 27.3 Å². The zero-order valence-electron chi connectivity index (χ0n) is 17.8. The molecule has 2 heterocycles. The van der Waals surface area contributed by atoms with E-state index in [0.29, 0.717) is 34.5 Å². The number of nitrogens with zero attached hydrogens (tertiary/aromatic N) is 2. The van der Waals surface area contributed by atoms with Crippen LogP contribution in [0, 0.1) is 11.8 Å². The van der Waals surface area contributed by atoms with Gasteiger partial charge in [0.1, 0.15) is 22.8 Å². The second-order valence-electron chi connectivity index (χ2n) is 8.08. The number of aromatic nitrogens is 1. The smallest absolute Gasteiger partial charge is 0.159 e. The number of phenols is 1. The quantitative estimate of drug-likeness (QED) is 0.801. The highest BCUT2D eigenvalue weighted by molar-refractivity contribution is 5.93. The third kappa shape index (κ3) is 3.69. The van der Waals surface area contributed by atoms with Crippen LogP contribution in [0.5, 0.6) is 17.2 Å². The van der Waals surface area contributed by atoms with Crippen LogP contribution in [-0.2, 0) is 10.3 Å². The molecule has 1 aromatic heterocycles. The molecule has 3 rings (SSSR count). The maximum atomic E-state index is 13.5. The lowest BCUT2D eigenvalue weighted by Crippen LogP contribution is -2.56. The molecule has 0 radical (unpaired) electrons. The molecule has 0 spiro atoms. The number of carbonyl (C=O) groups is 1. The molecular formula is C23H30N2O4. The molecule has 1 aliphatic heterocycles. The molecule has 1 N–H and O–H groups in total. The highest BCUT2D eigenvalue weighted by Gasteiger charge is 2.50. The van der Waals surface area contributed by atoms with E-state index in [0.717, 1.165) is 19.5 Å². The van der Waals surface area contributed by atoms with Crippen molar-refractivity contribution in [3.8, 4) is 17.2 Å². The van der Waals surface area contributed by atoms with Crippen LogP contribution in [0.15, 0.2) is 36.7 Å². The molecule has 0 saturated carbocycles. The number of likely N-dealkylation sites (tertiary alicyclic amines) is 1. The number of pyridine rings is 1. The number of piperidine rings is 1. The highest BCUT2D eigenvalue weighted by atomic mass is 16.5. The topological polar surface area (TPSA) is 71.9 Å². The summed E-state index contributed by atoms with van der Waals surface area (Å²) in [6.07, 6.45) is 4.48. The average molecular weight is 399 g/mol. The minimum absolute atomic E-state index is 0.0360. The lowest BCUT2D eigenvalue weighted by molar-refractivity contribution is -0.129. The first-order valence-electron chi connectivity index (χ1n) is 9.96. The summed E-state index contributed by atoms with van der Waals surface area (Å²) in [5.74, 6) is 1.58. The van der Waals surface area contributed by atoms with Gasteiger partial charge in [0.15, 0.2) is 5.78 Å². The maximum absolute atomic E-state index is 13.5. The van der Waals surface area contributed by atoms with E-state index in [1.54, 1.807) is 25.4 Å². The maximum Gasteiger partial charge on any atom is 0.159 e. The van der Waals surface area contributed by atoms with Crippen molar-refractivity contribution < 1.29 is 19.4 Å². The van der Waals surface area contributed by atoms with Crippen LogP contribution in [0.4, 0.5) is 0 Å². The van der Waals surface area contributed by atoms with Crippen LogP contribution in [0.1, 0.15) is 38.3 Å². The lowest BCUT2D eigenvalue weighted by atomic mass is 9.75. The number of methoxy groups -OCH3 is 2. The Hall–Kier alpha value is -2.60. The van der Waals surface area contributed by atoms with Gasteiger partial charge in [0, 0.05) is 43.2 Å². The first-order valence-corrected chi connectivity index (χ1v) is 9.96. The molecular weight excluding hydrogens is 368 g/mol. The van der Waals surface area contributed by atoms with E-state index >= 15 is 0 Å². The summed E-state index contributed by atoms with van der Waals surface area (Å²) in [5, 5.41) is 11.1. The number of rotatable bonds is 6. The normalized spacial score (nSPS) is 22.0. The fourth-order valence-corrected chi connectivity index (χ4v) is 4.82. The Morgan fingerprint density at radius 3 is 2.41 bits per heavy atom. The number of Topliss-reactive ketones (excluding diaryl/α,β-unsaturated/α-hetero) is 1. The molecule has 3 atom stereocenters. The fourth-order valence-electron chi connectivity index (χ4n) is 4.82. The van der Waals surface area contributed by atoms with Gasteiger partial charge in [-0.05, 0) is 31.2 Å². The van der Waals surface area contributed by atoms with Crippen molar-refractivity contribution in [2.45, 2.75) is 32.7 Å². The predicted octanol–water partition coefficient (Wildman–Crippen LogP) is 3.61. The molecule has 1 aliphatic rings. The van der Waals surface area contributed by atoms with E-state index in [-0.39, 0.29) is 11.5 Å². The summed E-state index contributed by atoms with van der Waals surface area (Å²) in [4.78, 5) is 19.9. The van der Waals surface area contributed by atoms with Crippen molar-refractivity contribution in [2.24, 2.45) is 11.8 Å². The fraction of sp³-hybridized carbons (Fsp3) is 0.478. The van der Waals surface area contributed by atoms with E-state index < -0.39 is 5.54 Å². The molecule has 2 aromatic rings. The third-order valence-electron chi connectivity index (χ3n) is 5.80. The van der Waals surface area contributed by atoms with Gasteiger partial charge in [0.05, 0.1) is 19.8 Å². The summed E-state index contributed by atoms with van der Waals surface area (Å²) in [6, 6.07) is 6.95. The summed E-state index contributed by atoms with van der Waals surface area (Å²) in [7, 11) is 3.06. The Balaban J connectivity index is 2.36. The third-order valence-corrected chi connectivity index (χ3v) is 5.80. The van der Waals surface area contributed by atoms with E-state index in [4.69, 9.17) is 9.47 Å². The number of ketones is 1. The van der Waals surface area contributed by atoms with E-state index in [2.05, 4.69) is 23.7 Å². The minimum atomic E-state index is -1.21. The molecule has 1 fully saturated rings. The van der Waals surface area contributed by atoms with E-state index in [1.807, 2.05) is 12.1 Å². The Kier molecular flexibility index (Phi) is 6.13. The molecule has 156 valence electrons. The summed E-state index contributed by atoms with van der Waals surface area (Å²) in [5.41, 5.74) is -0.0611. The van der Waals surface area contributed by atoms with Crippen molar-refractivity contribution in [1.82, 2.24) is 9.88 Å². The van der Waals surface area contributed by atoms with Gasteiger partial charge in [-0.15, -0.1) is 0 Å². The molecule has 0 bridgehead atoms. The molecule has 29 heavy (non-hydrogen) atoms. The number of ether oxygens (including phenoxy) is 2. The van der Waals surface area contributed by atoms with Gasteiger partial charge in [0.25, 0.3) is 0 Å². The van der Waals surface area contributed by atoms with Gasteiger partial charge in [-0.3, -0.25) is 14.7 Å². The van der Waals surface area contributed by atoms with E-state index in [9.17, 15) is 9.90 Å².